The fourth-order valence-corrected chi connectivity index (χ4v) is 1.63. The lowest BCUT2D eigenvalue weighted by Gasteiger charge is -2.16. The van der Waals surface area contributed by atoms with Gasteiger partial charge in [0.25, 0.3) is 0 Å². The minimum atomic E-state index is -1.16. The standard InChI is InChI=1S/C14H17N3O6/c1-22-12(18)7-11(13(19)23-2)17-14(20)16-10-5-3-9(4-6-10)8-15-21/h3-6,8,11,21H,7H2,1-2H3,(H2,16,17,20). The molecule has 1 rings (SSSR count). The number of ether oxygens (including phenoxy) is 2. The van der Waals surface area contributed by atoms with Gasteiger partial charge in [-0.3, -0.25) is 4.79 Å². The Bertz CT molecular complexity index is 585. The monoisotopic (exact) mass is 323 g/mol. The van der Waals surface area contributed by atoms with Crippen molar-refractivity contribution in [1.29, 1.82) is 0 Å². The first-order valence-electron chi connectivity index (χ1n) is 6.49. The quantitative estimate of drug-likeness (QED) is 0.306. The number of benzene rings is 1. The van der Waals surface area contributed by atoms with Crippen LogP contribution in [0.4, 0.5) is 10.5 Å². The lowest BCUT2D eigenvalue weighted by atomic mass is 10.2. The van der Waals surface area contributed by atoms with E-state index in [2.05, 4.69) is 25.3 Å². The second kappa shape index (κ2) is 9.03. The van der Waals surface area contributed by atoms with E-state index in [0.717, 1.165) is 7.11 Å². The summed E-state index contributed by atoms with van der Waals surface area (Å²) in [7, 11) is 2.32. The Morgan fingerprint density at radius 1 is 1.22 bits per heavy atom. The molecule has 0 spiro atoms. The molecule has 0 heterocycles. The highest BCUT2D eigenvalue weighted by Gasteiger charge is 2.25. The Morgan fingerprint density at radius 2 is 1.87 bits per heavy atom. The van der Waals surface area contributed by atoms with Crippen molar-refractivity contribution in [2.24, 2.45) is 5.16 Å². The molecule has 9 nitrogen and oxygen atoms in total. The zero-order chi connectivity index (χ0) is 17.2. The Labute approximate surface area is 132 Å². The fourth-order valence-electron chi connectivity index (χ4n) is 1.63. The van der Waals surface area contributed by atoms with Gasteiger partial charge in [0.2, 0.25) is 0 Å². The van der Waals surface area contributed by atoms with Gasteiger partial charge in [0.15, 0.2) is 0 Å². The first-order valence-corrected chi connectivity index (χ1v) is 6.49. The van der Waals surface area contributed by atoms with Crippen LogP contribution in [0.15, 0.2) is 29.4 Å². The highest BCUT2D eigenvalue weighted by Crippen LogP contribution is 2.08. The van der Waals surface area contributed by atoms with Gasteiger partial charge in [0.1, 0.15) is 6.04 Å². The summed E-state index contributed by atoms with van der Waals surface area (Å²) >= 11 is 0. The molecular formula is C14H17N3O6. The number of carbonyl (C=O) groups is 3. The van der Waals surface area contributed by atoms with E-state index in [1.54, 1.807) is 24.3 Å². The highest BCUT2D eigenvalue weighted by atomic mass is 16.5. The minimum Gasteiger partial charge on any atom is -0.469 e. The van der Waals surface area contributed by atoms with E-state index >= 15 is 0 Å². The molecule has 0 aromatic heterocycles. The van der Waals surface area contributed by atoms with E-state index in [4.69, 9.17) is 5.21 Å². The number of methoxy groups -OCH3 is 2. The van der Waals surface area contributed by atoms with E-state index in [1.165, 1.54) is 13.3 Å². The van der Waals surface area contributed by atoms with Crippen LogP contribution in [0, 0.1) is 0 Å². The lowest BCUT2D eigenvalue weighted by Crippen LogP contribution is -2.45. The number of oxime groups is 1. The zero-order valence-corrected chi connectivity index (χ0v) is 12.6. The average Bonchev–Trinajstić information content (AvgIpc) is 2.55. The molecule has 0 bridgehead atoms. The summed E-state index contributed by atoms with van der Waals surface area (Å²) in [6.07, 6.45) is 0.885. The third-order valence-corrected chi connectivity index (χ3v) is 2.76. The van der Waals surface area contributed by atoms with Crippen molar-refractivity contribution in [1.82, 2.24) is 5.32 Å². The molecule has 0 aliphatic rings. The van der Waals surface area contributed by atoms with Crippen LogP contribution < -0.4 is 10.6 Å². The van der Waals surface area contributed by atoms with Crippen molar-refractivity contribution < 1.29 is 29.1 Å². The topological polar surface area (TPSA) is 126 Å². The predicted octanol–water partition coefficient (Wildman–Crippen LogP) is 0.721. The van der Waals surface area contributed by atoms with Crippen molar-refractivity contribution in [3.63, 3.8) is 0 Å². The number of hydrogen-bond donors (Lipinski definition) is 3. The second-order valence-electron chi connectivity index (χ2n) is 4.32. The molecule has 23 heavy (non-hydrogen) atoms. The first-order chi connectivity index (χ1) is 11.0. The molecule has 0 saturated carbocycles. The largest absolute Gasteiger partial charge is 0.469 e. The maximum absolute atomic E-state index is 11.9. The van der Waals surface area contributed by atoms with E-state index in [-0.39, 0.29) is 6.42 Å². The molecule has 1 aromatic carbocycles. The van der Waals surface area contributed by atoms with Gasteiger partial charge in [-0.05, 0) is 17.7 Å². The number of nitrogens with one attached hydrogen (secondary N) is 2. The summed E-state index contributed by atoms with van der Waals surface area (Å²) in [5.41, 5.74) is 1.08. The fraction of sp³-hybridized carbons (Fsp3) is 0.286. The van der Waals surface area contributed by atoms with E-state index < -0.39 is 24.0 Å². The molecule has 1 aromatic rings. The minimum absolute atomic E-state index is 0.345. The maximum atomic E-state index is 11.9. The van der Waals surface area contributed by atoms with Crippen LogP contribution in [-0.2, 0) is 19.1 Å². The molecule has 9 heteroatoms. The first kappa shape index (κ1) is 18.0. The van der Waals surface area contributed by atoms with Crippen molar-refractivity contribution >= 4 is 29.9 Å². The van der Waals surface area contributed by atoms with Gasteiger partial charge in [-0.15, -0.1) is 0 Å². The molecule has 2 amide bonds. The Hall–Kier alpha value is -3.10. The number of hydrogen-bond acceptors (Lipinski definition) is 7. The van der Waals surface area contributed by atoms with Crippen molar-refractivity contribution in [3.8, 4) is 0 Å². The molecule has 0 saturated heterocycles. The second-order valence-corrected chi connectivity index (χ2v) is 4.32. The van der Waals surface area contributed by atoms with Crippen LogP contribution in [0.25, 0.3) is 0 Å². The Balaban J connectivity index is 2.67. The predicted molar refractivity (Wildman–Crippen MR) is 80.4 cm³/mol. The third-order valence-electron chi connectivity index (χ3n) is 2.76. The van der Waals surface area contributed by atoms with Gasteiger partial charge < -0.3 is 25.3 Å². The molecule has 1 unspecified atom stereocenters. The van der Waals surface area contributed by atoms with Crippen LogP contribution in [0.2, 0.25) is 0 Å². The van der Waals surface area contributed by atoms with Crippen molar-refractivity contribution in [2.75, 3.05) is 19.5 Å². The summed E-state index contributed by atoms with van der Waals surface area (Å²) < 4.78 is 8.98. The number of carbonyl (C=O) groups excluding carboxylic acids is 3. The van der Waals surface area contributed by atoms with Crippen LogP contribution in [0.1, 0.15) is 12.0 Å². The van der Waals surface area contributed by atoms with Crippen LogP contribution in [0.5, 0.6) is 0 Å². The summed E-state index contributed by atoms with van der Waals surface area (Å²) in [4.78, 5) is 34.7. The summed E-state index contributed by atoms with van der Waals surface area (Å²) in [5.74, 6) is -1.42. The normalized spacial score (nSPS) is 11.6. The molecule has 0 aliphatic carbocycles. The summed E-state index contributed by atoms with van der Waals surface area (Å²) in [5, 5.41) is 16.1. The van der Waals surface area contributed by atoms with Crippen molar-refractivity contribution in [2.45, 2.75) is 12.5 Å². The third kappa shape index (κ3) is 6.04. The van der Waals surface area contributed by atoms with Gasteiger partial charge in [-0.1, -0.05) is 17.3 Å². The summed E-state index contributed by atoms with van der Waals surface area (Å²) in [6, 6.07) is 4.53. The number of nitrogens with zero attached hydrogens (tertiary/aromatic N) is 1. The highest BCUT2D eigenvalue weighted by molar-refractivity contribution is 5.94. The average molecular weight is 323 g/mol. The van der Waals surface area contributed by atoms with Gasteiger partial charge in [-0.2, -0.15) is 0 Å². The summed E-state index contributed by atoms with van der Waals surface area (Å²) in [6.45, 7) is 0. The van der Waals surface area contributed by atoms with Gasteiger partial charge in [-0.25, -0.2) is 9.59 Å². The smallest absolute Gasteiger partial charge is 0.329 e. The van der Waals surface area contributed by atoms with Gasteiger partial charge in [0, 0.05) is 5.69 Å². The molecular weight excluding hydrogens is 306 g/mol. The molecule has 0 radical (unpaired) electrons. The number of rotatable bonds is 6. The lowest BCUT2D eigenvalue weighted by molar-refractivity contribution is -0.149. The Morgan fingerprint density at radius 3 is 2.39 bits per heavy atom. The van der Waals surface area contributed by atoms with E-state index in [0.29, 0.717) is 11.3 Å². The number of amides is 2. The molecule has 0 aliphatic heterocycles. The van der Waals surface area contributed by atoms with Crippen LogP contribution in [0.3, 0.4) is 0 Å². The Kier molecular flexibility index (Phi) is 7.05. The van der Waals surface area contributed by atoms with E-state index in [9.17, 15) is 14.4 Å². The molecule has 1 atom stereocenters. The number of anilines is 1. The zero-order valence-electron chi connectivity index (χ0n) is 12.6. The van der Waals surface area contributed by atoms with E-state index in [1.807, 2.05) is 0 Å². The molecule has 0 fully saturated rings. The number of urea groups is 1. The van der Waals surface area contributed by atoms with Crippen LogP contribution in [-0.4, -0.2) is 49.7 Å². The van der Waals surface area contributed by atoms with Crippen LogP contribution >= 0.6 is 0 Å². The van der Waals surface area contributed by atoms with Gasteiger partial charge in [0.05, 0.1) is 26.9 Å². The van der Waals surface area contributed by atoms with Crippen molar-refractivity contribution in [3.05, 3.63) is 29.8 Å². The SMILES string of the molecule is COC(=O)CC(NC(=O)Nc1ccc(C=NO)cc1)C(=O)OC. The molecule has 3 N–H and O–H groups in total. The van der Waals surface area contributed by atoms with Gasteiger partial charge >= 0.3 is 18.0 Å². The maximum Gasteiger partial charge on any atom is 0.329 e. The molecule has 124 valence electrons. The number of esters is 2.